The Hall–Kier alpha value is -2.05. The Labute approximate surface area is 140 Å². The number of aryl methyl sites for hydroxylation is 1. The molecule has 6 nitrogen and oxygen atoms in total. The number of nitrogens with one attached hydrogen (secondary N) is 1. The van der Waals surface area contributed by atoms with Crippen LogP contribution in [0.4, 0.5) is 10.6 Å². The number of carbonyl (C=O) groups excluding carboxylic acids is 1. The Morgan fingerprint density at radius 2 is 2.13 bits per heavy atom. The van der Waals surface area contributed by atoms with Crippen LogP contribution in [-0.2, 0) is 0 Å². The lowest BCUT2D eigenvalue weighted by Gasteiger charge is -2.20. The van der Waals surface area contributed by atoms with Crippen LogP contribution in [-0.4, -0.2) is 45.5 Å². The van der Waals surface area contributed by atoms with Gasteiger partial charge in [-0.1, -0.05) is 30.7 Å². The molecule has 23 heavy (non-hydrogen) atoms. The number of para-hydroxylation sites is 1. The van der Waals surface area contributed by atoms with Crippen molar-refractivity contribution in [2.24, 2.45) is 0 Å². The first-order valence-electron chi connectivity index (χ1n) is 7.54. The molecule has 7 heteroatoms. The number of benzene rings is 1. The van der Waals surface area contributed by atoms with E-state index in [1.54, 1.807) is 15.6 Å². The molecule has 0 spiro atoms. The van der Waals surface area contributed by atoms with Gasteiger partial charge < -0.3 is 10.0 Å². The van der Waals surface area contributed by atoms with E-state index in [0.29, 0.717) is 23.9 Å². The van der Waals surface area contributed by atoms with E-state index in [9.17, 15) is 4.79 Å². The van der Waals surface area contributed by atoms with Crippen LogP contribution in [0.3, 0.4) is 0 Å². The van der Waals surface area contributed by atoms with Gasteiger partial charge in [-0.25, -0.2) is 9.48 Å². The quantitative estimate of drug-likeness (QED) is 0.851. The zero-order valence-corrected chi connectivity index (χ0v) is 14.0. The number of rotatable bonds is 6. The first-order chi connectivity index (χ1) is 11.1. The van der Waals surface area contributed by atoms with Crippen LogP contribution in [0.1, 0.15) is 18.9 Å². The van der Waals surface area contributed by atoms with Crippen molar-refractivity contribution in [1.82, 2.24) is 14.7 Å². The molecule has 2 N–H and O–H groups in total. The number of urea groups is 1. The highest BCUT2D eigenvalue weighted by Gasteiger charge is 2.16. The van der Waals surface area contributed by atoms with Crippen molar-refractivity contribution in [2.45, 2.75) is 20.3 Å². The molecule has 0 radical (unpaired) electrons. The van der Waals surface area contributed by atoms with E-state index in [-0.39, 0.29) is 12.6 Å². The molecule has 2 amide bonds. The third-order valence-electron chi connectivity index (χ3n) is 3.37. The van der Waals surface area contributed by atoms with E-state index < -0.39 is 0 Å². The molecule has 1 aromatic heterocycles. The fraction of sp³-hybridized carbons (Fsp3) is 0.375. The molecule has 0 fully saturated rings. The van der Waals surface area contributed by atoms with E-state index in [1.165, 1.54) is 0 Å². The van der Waals surface area contributed by atoms with Crippen molar-refractivity contribution in [2.75, 3.05) is 25.0 Å². The Kier molecular flexibility index (Phi) is 6.01. The maximum atomic E-state index is 12.3. The summed E-state index contributed by atoms with van der Waals surface area (Å²) in [5.74, 6) is 0.481. The maximum absolute atomic E-state index is 12.3. The van der Waals surface area contributed by atoms with Crippen LogP contribution in [0.2, 0.25) is 5.02 Å². The SMILES string of the molecule is CCCN(CCO)C(=O)Nc1nn(-c2ccccc2Cl)cc1C. The monoisotopic (exact) mass is 336 g/mol. The first kappa shape index (κ1) is 17.3. The topological polar surface area (TPSA) is 70.4 Å². The summed E-state index contributed by atoms with van der Waals surface area (Å²) in [5.41, 5.74) is 1.58. The number of carbonyl (C=O) groups is 1. The van der Waals surface area contributed by atoms with Gasteiger partial charge in [0.1, 0.15) is 0 Å². The van der Waals surface area contributed by atoms with Gasteiger partial charge in [0.25, 0.3) is 0 Å². The highest BCUT2D eigenvalue weighted by Crippen LogP contribution is 2.22. The molecule has 0 saturated carbocycles. The van der Waals surface area contributed by atoms with Crippen molar-refractivity contribution in [3.8, 4) is 5.69 Å². The lowest BCUT2D eigenvalue weighted by atomic mass is 10.3. The van der Waals surface area contributed by atoms with Crippen LogP contribution in [0.5, 0.6) is 0 Å². The number of hydrogen-bond acceptors (Lipinski definition) is 3. The lowest BCUT2D eigenvalue weighted by molar-refractivity contribution is 0.188. The highest BCUT2D eigenvalue weighted by atomic mass is 35.5. The molecule has 124 valence electrons. The molecule has 2 rings (SSSR count). The van der Waals surface area contributed by atoms with Crippen LogP contribution < -0.4 is 5.32 Å². The zero-order chi connectivity index (χ0) is 16.8. The number of halogens is 1. The van der Waals surface area contributed by atoms with Gasteiger partial charge in [0.15, 0.2) is 5.82 Å². The van der Waals surface area contributed by atoms with E-state index in [1.807, 2.05) is 38.2 Å². The second-order valence-corrected chi connectivity index (χ2v) is 5.60. The zero-order valence-electron chi connectivity index (χ0n) is 13.3. The minimum atomic E-state index is -0.270. The van der Waals surface area contributed by atoms with E-state index >= 15 is 0 Å². The summed E-state index contributed by atoms with van der Waals surface area (Å²) >= 11 is 6.17. The Bertz CT molecular complexity index is 666. The molecule has 0 unspecified atom stereocenters. The first-order valence-corrected chi connectivity index (χ1v) is 7.92. The van der Waals surface area contributed by atoms with Gasteiger partial charge in [-0.2, -0.15) is 0 Å². The van der Waals surface area contributed by atoms with Gasteiger partial charge in [-0.05, 0) is 25.5 Å². The normalized spacial score (nSPS) is 10.6. The molecular weight excluding hydrogens is 316 g/mol. The highest BCUT2D eigenvalue weighted by molar-refractivity contribution is 6.32. The summed E-state index contributed by atoms with van der Waals surface area (Å²) < 4.78 is 1.64. The standard InChI is InChI=1S/C16H21ClN4O2/c1-3-8-20(9-10-22)16(23)18-15-12(2)11-21(19-15)14-7-5-4-6-13(14)17/h4-7,11,22H,3,8-10H2,1-2H3,(H,18,19,23). The Balaban J connectivity index is 2.18. The fourth-order valence-electron chi connectivity index (χ4n) is 2.23. The van der Waals surface area contributed by atoms with Crippen LogP contribution in [0.25, 0.3) is 5.69 Å². The molecule has 0 aliphatic heterocycles. The van der Waals surface area contributed by atoms with Crippen molar-refractivity contribution < 1.29 is 9.90 Å². The summed E-state index contributed by atoms with van der Waals surface area (Å²) in [5, 5.41) is 16.8. The van der Waals surface area contributed by atoms with Gasteiger partial charge in [0.05, 0.1) is 17.3 Å². The molecule has 0 aliphatic carbocycles. The van der Waals surface area contributed by atoms with Crippen molar-refractivity contribution in [3.63, 3.8) is 0 Å². The van der Waals surface area contributed by atoms with E-state index in [4.69, 9.17) is 16.7 Å². The third kappa shape index (κ3) is 4.24. The second kappa shape index (κ2) is 7.99. The Morgan fingerprint density at radius 1 is 1.39 bits per heavy atom. The minimum Gasteiger partial charge on any atom is -0.395 e. The number of anilines is 1. The van der Waals surface area contributed by atoms with Gasteiger partial charge in [-0.15, -0.1) is 5.10 Å². The molecule has 0 atom stereocenters. The van der Waals surface area contributed by atoms with Crippen LogP contribution in [0, 0.1) is 6.92 Å². The number of nitrogens with zero attached hydrogens (tertiary/aromatic N) is 3. The number of aliphatic hydroxyl groups excluding tert-OH is 1. The summed E-state index contributed by atoms with van der Waals surface area (Å²) in [6, 6.07) is 7.10. The number of hydrogen-bond donors (Lipinski definition) is 2. The minimum absolute atomic E-state index is 0.0690. The van der Waals surface area contributed by atoms with Crippen LogP contribution in [0.15, 0.2) is 30.5 Å². The summed E-state index contributed by atoms with van der Waals surface area (Å²) in [7, 11) is 0. The van der Waals surface area contributed by atoms with Gasteiger partial charge >= 0.3 is 6.03 Å². The number of aliphatic hydroxyl groups is 1. The lowest BCUT2D eigenvalue weighted by Crippen LogP contribution is -2.37. The maximum Gasteiger partial charge on any atom is 0.323 e. The van der Waals surface area contributed by atoms with Gasteiger partial charge in [0, 0.05) is 24.8 Å². The summed E-state index contributed by atoms with van der Waals surface area (Å²) in [6.07, 6.45) is 2.63. The molecule has 2 aromatic rings. The molecule has 0 bridgehead atoms. The fourth-order valence-corrected chi connectivity index (χ4v) is 2.45. The largest absolute Gasteiger partial charge is 0.395 e. The third-order valence-corrected chi connectivity index (χ3v) is 3.69. The predicted octanol–water partition coefficient (Wildman–Crippen LogP) is 3.07. The molecule has 0 aliphatic rings. The average molecular weight is 337 g/mol. The van der Waals surface area contributed by atoms with Gasteiger partial charge in [0.2, 0.25) is 0 Å². The molecule has 1 heterocycles. The molecular formula is C16H21ClN4O2. The second-order valence-electron chi connectivity index (χ2n) is 5.20. The molecule has 1 aromatic carbocycles. The number of aromatic nitrogens is 2. The van der Waals surface area contributed by atoms with Gasteiger partial charge in [-0.3, -0.25) is 5.32 Å². The van der Waals surface area contributed by atoms with Crippen molar-refractivity contribution >= 4 is 23.4 Å². The van der Waals surface area contributed by atoms with Crippen molar-refractivity contribution in [1.29, 1.82) is 0 Å². The predicted molar refractivity (Wildman–Crippen MR) is 91.3 cm³/mol. The summed E-state index contributed by atoms with van der Waals surface area (Å²) in [6.45, 7) is 4.66. The van der Waals surface area contributed by atoms with Crippen LogP contribution >= 0.6 is 11.6 Å². The smallest absolute Gasteiger partial charge is 0.323 e. The summed E-state index contributed by atoms with van der Waals surface area (Å²) in [4.78, 5) is 13.8. The van der Waals surface area contributed by atoms with Crippen molar-refractivity contribution in [3.05, 3.63) is 41.0 Å². The Morgan fingerprint density at radius 3 is 2.78 bits per heavy atom. The van der Waals surface area contributed by atoms with E-state index in [2.05, 4.69) is 10.4 Å². The van der Waals surface area contributed by atoms with E-state index in [0.717, 1.165) is 17.7 Å². The average Bonchev–Trinajstić information content (AvgIpc) is 2.88. The molecule has 0 saturated heterocycles. The number of amides is 2.